The van der Waals surface area contributed by atoms with Gasteiger partial charge in [-0.25, -0.2) is 0 Å². The Bertz CT molecular complexity index is 412. The molecule has 0 heterocycles. The van der Waals surface area contributed by atoms with Gasteiger partial charge in [0, 0.05) is 31.3 Å². The Hall–Kier alpha value is -0.620. The van der Waals surface area contributed by atoms with Gasteiger partial charge in [-0.1, -0.05) is 35.8 Å². The summed E-state index contributed by atoms with van der Waals surface area (Å²) in [4.78, 5) is 0. The maximum absolute atomic E-state index is 9.93. The second-order valence-electron chi connectivity index (χ2n) is 5.96. The van der Waals surface area contributed by atoms with Gasteiger partial charge < -0.3 is 19.9 Å². The first-order chi connectivity index (χ1) is 9.93. The second kappa shape index (κ2) is 9.41. The number of hydrogen-bond acceptors (Lipinski definition) is 4. The molecule has 1 rings (SSSR count). The molecule has 0 fully saturated rings. The molecule has 120 valence electrons. The summed E-state index contributed by atoms with van der Waals surface area (Å²) in [5, 5.41) is 13.2. The maximum atomic E-state index is 9.93. The summed E-state index contributed by atoms with van der Waals surface area (Å²) in [5.41, 5.74) is 0.154. The SMILES string of the molecule is COCCC(C)(C)CNCC(O)COc1cccc(Br)c1. The van der Waals surface area contributed by atoms with E-state index in [-0.39, 0.29) is 12.0 Å². The minimum absolute atomic E-state index is 0.154. The first-order valence-electron chi connectivity index (χ1n) is 7.19. The van der Waals surface area contributed by atoms with E-state index in [1.54, 1.807) is 7.11 Å². The highest BCUT2D eigenvalue weighted by molar-refractivity contribution is 9.10. The summed E-state index contributed by atoms with van der Waals surface area (Å²) in [5.74, 6) is 0.754. The van der Waals surface area contributed by atoms with Crippen LogP contribution in [0.15, 0.2) is 28.7 Å². The average Bonchev–Trinajstić information content (AvgIpc) is 2.43. The van der Waals surface area contributed by atoms with Crippen molar-refractivity contribution in [2.45, 2.75) is 26.4 Å². The number of benzene rings is 1. The van der Waals surface area contributed by atoms with Gasteiger partial charge in [-0.2, -0.15) is 0 Å². The third-order valence-electron chi connectivity index (χ3n) is 3.20. The van der Waals surface area contributed by atoms with Crippen molar-refractivity contribution in [3.05, 3.63) is 28.7 Å². The van der Waals surface area contributed by atoms with E-state index in [9.17, 15) is 5.11 Å². The fourth-order valence-corrected chi connectivity index (χ4v) is 2.23. The molecule has 0 spiro atoms. The smallest absolute Gasteiger partial charge is 0.120 e. The van der Waals surface area contributed by atoms with Crippen molar-refractivity contribution >= 4 is 15.9 Å². The molecule has 2 N–H and O–H groups in total. The molecule has 0 bridgehead atoms. The Balaban J connectivity index is 2.20. The molecule has 0 saturated carbocycles. The number of methoxy groups -OCH3 is 1. The van der Waals surface area contributed by atoms with Crippen LogP contribution in [-0.2, 0) is 4.74 Å². The third kappa shape index (κ3) is 8.41. The fraction of sp³-hybridized carbons (Fsp3) is 0.625. The molecular formula is C16H26BrNO3. The van der Waals surface area contributed by atoms with Gasteiger partial charge in [0.05, 0.1) is 0 Å². The van der Waals surface area contributed by atoms with Crippen molar-refractivity contribution in [1.29, 1.82) is 0 Å². The summed E-state index contributed by atoms with van der Waals surface area (Å²) in [6, 6.07) is 7.60. The lowest BCUT2D eigenvalue weighted by Gasteiger charge is -2.25. The summed E-state index contributed by atoms with van der Waals surface area (Å²) in [6.45, 7) is 6.76. The molecule has 4 nitrogen and oxygen atoms in total. The number of rotatable bonds is 10. The molecule has 5 heteroatoms. The lowest BCUT2D eigenvalue weighted by atomic mass is 9.90. The van der Waals surface area contributed by atoms with E-state index in [4.69, 9.17) is 9.47 Å². The Morgan fingerprint density at radius 3 is 2.81 bits per heavy atom. The van der Waals surface area contributed by atoms with Crippen LogP contribution in [0.3, 0.4) is 0 Å². The third-order valence-corrected chi connectivity index (χ3v) is 3.70. The Labute approximate surface area is 136 Å². The van der Waals surface area contributed by atoms with Crippen molar-refractivity contribution in [3.8, 4) is 5.75 Å². The summed E-state index contributed by atoms with van der Waals surface area (Å²) >= 11 is 3.39. The quantitative estimate of drug-likeness (QED) is 0.674. The van der Waals surface area contributed by atoms with Crippen LogP contribution >= 0.6 is 15.9 Å². The van der Waals surface area contributed by atoms with Crippen LogP contribution in [0.5, 0.6) is 5.75 Å². The van der Waals surface area contributed by atoms with Crippen LogP contribution in [0.25, 0.3) is 0 Å². The Morgan fingerprint density at radius 1 is 1.38 bits per heavy atom. The van der Waals surface area contributed by atoms with Gasteiger partial charge in [0.15, 0.2) is 0 Å². The minimum Gasteiger partial charge on any atom is -0.491 e. The lowest BCUT2D eigenvalue weighted by molar-refractivity contribution is 0.100. The fourth-order valence-electron chi connectivity index (χ4n) is 1.85. The van der Waals surface area contributed by atoms with Crippen LogP contribution in [0.1, 0.15) is 20.3 Å². The van der Waals surface area contributed by atoms with E-state index in [0.717, 1.165) is 29.8 Å². The molecular weight excluding hydrogens is 334 g/mol. The number of hydrogen-bond donors (Lipinski definition) is 2. The normalized spacial score (nSPS) is 13.2. The molecule has 0 aliphatic heterocycles. The number of aliphatic hydroxyl groups excluding tert-OH is 1. The predicted molar refractivity (Wildman–Crippen MR) is 88.8 cm³/mol. The monoisotopic (exact) mass is 359 g/mol. The standard InChI is InChI=1S/C16H26BrNO3/c1-16(2,7-8-20-3)12-18-10-14(19)11-21-15-6-4-5-13(17)9-15/h4-6,9,14,18-19H,7-8,10-12H2,1-3H3. The second-order valence-corrected chi connectivity index (χ2v) is 6.88. The number of ether oxygens (including phenoxy) is 2. The van der Waals surface area contributed by atoms with Gasteiger partial charge in [-0.3, -0.25) is 0 Å². The molecule has 0 aliphatic carbocycles. The van der Waals surface area contributed by atoms with E-state index >= 15 is 0 Å². The predicted octanol–water partition coefficient (Wildman–Crippen LogP) is 2.84. The van der Waals surface area contributed by atoms with Gasteiger partial charge in [0.1, 0.15) is 18.5 Å². The van der Waals surface area contributed by atoms with E-state index in [0.29, 0.717) is 6.54 Å². The van der Waals surface area contributed by atoms with Crippen molar-refractivity contribution in [2.75, 3.05) is 33.4 Å². The first kappa shape index (κ1) is 18.4. The Morgan fingerprint density at radius 2 is 2.14 bits per heavy atom. The molecule has 1 unspecified atom stereocenters. The molecule has 0 radical (unpaired) electrons. The van der Waals surface area contributed by atoms with Crippen molar-refractivity contribution < 1.29 is 14.6 Å². The highest BCUT2D eigenvalue weighted by atomic mass is 79.9. The first-order valence-corrected chi connectivity index (χ1v) is 7.98. The van der Waals surface area contributed by atoms with E-state index in [2.05, 4.69) is 35.1 Å². The van der Waals surface area contributed by atoms with Gasteiger partial charge in [-0.05, 0) is 30.0 Å². The zero-order valence-corrected chi connectivity index (χ0v) is 14.6. The topological polar surface area (TPSA) is 50.7 Å². The zero-order valence-electron chi connectivity index (χ0n) is 13.1. The molecule has 0 aliphatic rings. The van der Waals surface area contributed by atoms with Gasteiger partial charge in [-0.15, -0.1) is 0 Å². The molecule has 0 aromatic heterocycles. The van der Waals surface area contributed by atoms with E-state index in [1.807, 2.05) is 24.3 Å². The van der Waals surface area contributed by atoms with Crippen molar-refractivity contribution in [1.82, 2.24) is 5.32 Å². The summed E-state index contributed by atoms with van der Waals surface area (Å²) in [6.07, 6.45) is 0.462. The average molecular weight is 360 g/mol. The molecule has 1 aromatic rings. The molecule has 1 aromatic carbocycles. The van der Waals surface area contributed by atoms with Gasteiger partial charge in [0.2, 0.25) is 0 Å². The van der Waals surface area contributed by atoms with Gasteiger partial charge in [0.25, 0.3) is 0 Å². The van der Waals surface area contributed by atoms with Crippen LogP contribution in [0, 0.1) is 5.41 Å². The molecule has 1 atom stereocenters. The van der Waals surface area contributed by atoms with E-state index < -0.39 is 6.10 Å². The number of halogens is 1. The van der Waals surface area contributed by atoms with Crippen molar-refractivity contribution in [2.24, 2.45) is 5.41 Å². The summed E-state index contributed by atoms with van der Waals surface area (Å²) in [7, 11) is 1.71. The van der Waals surface area contributed by atoms with Gasteiger partial charge >= 0.3 is 0 Å². The largest absolute Gasteiger partial charge is 0.491 e. The number of nitrogens with one attached hydrogen (secondary N) is 1. The highest BCUT2D eigenvalue weighted by Gasteiger charge is 2.17. The lowest BCUT2D eigenvalue weighted by Crippen LogP contribution is -2.37. The van der Waals surface area contributed by atoms with Crippen molar-refractivity contribution in [3.63, 3.8) is 0 Å². The molecule has 0 saturated heterocycles. The highest BCUT2D eigenvalue weighted by Crippen LogP contribution is 2.19. The van der Waals surface area contributed by atoms with Crippen LogP contribution in [0.4, 0.5) is 0 Å². The van der Waals surface area contributed by atoms with Crippen LogP contribution < -0.4 is 10.1 Å². The van der Waals surface area contributed by atoms with Crippen LogP contribution in [0.2, 0.25) is 0 Å². The van der Waals surface area contributed by atoms with E-state index in [1.165, 1.54) is 0 Å². The zero-order chi connectivity index (χ0) is 15.7. The van der Waals surface area contributed by atoms with Crippen LogP contribution in [-0.4, -0.2) is 44.6 Å². The Kier molecular flexibility index (Phi) is 8.26. The minimum atomic E-state index is -0.526. The summed E-state index contributed by atoms with van der Waals surface area (Å²) < 4.78 is 11.6. The maximum Gasteiger partial charge on any atom is 0.120 e. The number of aliphatic hydroxyl groups is 1. The molecule has 21 heavy (non-hydrogen) atoms. The molecule has 0 amide bonds.